The monoisotopic (exact) mass is 525 g/mol. The fourth-order valence-electron chi connectivity index (χ4n) is 2.82. The highest BCUT2D eigenvalue weighted by atomic mass is 32.1. The van der Waals surface area contributed by atoms with Gasteiger partial charge in [0.05, 0.1) is 31.9 Å². The number of aldehydes is 1. The number of aryl methyl sites for hydroxylation is 1. The van der Waals surface area contributed by atoms with Crippen LogP contribution in [0.3, 0.4) is 0 Å². The number of aromatic nitrogens is 1. The van der Waals surface area contributed by atoms with E-state index in [1.807, 2.05) is 47.0 Å². The van der Waals surface area contributed by atoms with Gasteiger partial charge >= 0.3 is 0 Å². The van der Waals surface area contributed by atoms with Crippen molar-refractivity contribution in [1.29, 1.82) is 0 Å². The van der Waals surface area contributed by atoms with E-state index in [1.165, 1.54) is 50.1 Å². The van der Waals surface area contributed by atoms with Gasteiger partial charge in [0.1, 0.15) is 5.01 Å². The summed E-state index contributed by atoms with van der Waals surface area (Å²) in [5, 5.41) is 6.84. The van der Waals surface area contributed by atoms with Crippen LogP contribution >= 0.6 is 11.3 Å². The van der Waals surface area contributed by atoms with Gasteiger partial charge in [0, 0.05) is 5.56 Å². The van der Waals surface area contributed by atoms with Crippen LogP contribution in [0.15, 0.2) is 12.1 Å². The van der Waals surface area contributed by atoms with Crippen LogP contribution in [0.4, 0.5) is 0 Å². The molecule has 0 radical (unpaired) electrons. The Labute approximate surface area is 224 Å². The number of nitrogens with one attached hydrogen (secondary N) is 2. The van der Waals surface area contributed by atoms with Crippen molar-refractivity contribution in [2.24, 2.45) is 5.92 Å². The van der Waals surface area contributed by atoms with Gasteiger partial charge in [0.2, 0.25) is 5.75 Å². The molecule has 0 amide bonds. The molecule has 7 nitrogen and oxygen atoms in total. The zero-order valence-electron chi connectivity index (χ0n) is 24.5. The number of carbonyl (C=O) groups excluding carboxylic acids is 1. The Kier molecular flexibility index (Phi) is 23.3. The molecule has 1 aromatic heterocycles. The Morgan fingerprint density at radius 3 is 1.72 bits per heavy atom. The molecule has 0 saturated carbocycles. The maximum absolute atomic E-state index is 10.9. The van der Waals surface area contributed by atoms with E-state index in [0.29, 0.717) is 27.8 Å². The van der Waals surface area contributed by atoms with Gasteiger partial charge in [-0.25, -0.2) is 4.98 Å². The highest BCUT2D eigenvalue weighted by Crippen LogP contribution is 2.42. The first kappa shape index (κ1) is 36.0. The molecule has 8 heteroatoms. The summed E-state index contributed by atoms with van der Waals surface area (Å²) in [6.07, 6.45) is 6.47. The number of benzene rings is 1. The summed E-state index contributed by atoms with van der Waals surface area (Å²) >= 11 is 1.33. The molecule has 0 spiro atoms. The van der Waals surface area contributed by atoms with E-state index >= 15 is 0 Å². The second-order valence-electron chi connectivity index (χ2n) is 8.40. The minimum Gasteiger partial charge on any atom is -0.493 e. The minimum atomic E-state index is 0.530. The summed E-state index contributed by atoms with van der Waals surface area (Å²) < 4.78 is 15.9. The Bertz CT molecular complexity index is 763. The van der Waals surface area contributed by atoms with Crippen LogP contribution in [-0.4, -0.2) is 59.8 Å². The SMILES string of the molecule is C1CCCNCC1.CC.CC(C)C.CNC.COc1cc(-c2nc(C)c(C=O)s2)cc(OC)c1OC. The highest BCUT2D eigenvalue weighted by Gasteiger charge is 2.16. The van der Waals surface area contributed by atoms with Crippen LogP contribution in [-0.2, 0) is 0 Å². The molecular formula is C28H51N3O4S. The zero-order chi connectivity index (χ0) is 27.9. The Hall–Kier alpha value is -2.16. The lowest BCUT2D eigenvalue weighted by molar-refractivity contribution is 0.112. The van der Waals surface area contributed by atoms with Crippen LogP contribution in [0.5, 0.6) is 17.2 Å². The smallest absolute Gasteiger partial charge is 0.203 e. The normalized spacial score (nSPS) is 12.0. The van der Waals surface area contributed by atoms with Gasteiger partial charge in [-0.1, -0.05) is 47.5 Å². The molecule has 3 rings (SSSR count). The zero-order valence-corrected chi connectivity index (χ0v) is 25.4. The summed E-state index contributed by atoms with van der Waals surface area (Å²) in [5.41, 5.74) is 1.54. The van der Waals surface area contributed by atoms with E-state index in [0.717, 1.165) is 22.8 Å². The second-order valence-corrected chi connectivity index (χ2v) is 9.43. The van der Waals surface area contributed by atoms with E-state index in [4.69, 9.17) is 14.2 Å². The van der Waals surface area contributed by atoms with Gasteiger partial charge in [-0.05, 0) is 65.0 Å². The fraction of sp³-hybridized carbons (Fsp3) is 0.643. The second kappa shape index (κ2) is 23.3. The minimum absolute atomic E-state index is 0.530. The lowest BCUT2D eigenvalue weighted by atomic mass is 10.2. The van der Waals surface area contributed by atoms with Gasteiger partial charge in [-0.3, -0.25) is 4.79 Å². The van der Waals surface area contributed by atoms with Crippen molar-refractivity contribution in [3.05, 3.63) is 22.7 Å². The van der Waals surface area contributed by atoms with Crippen LogP contribution in [0.25, 0.3) is 10.6 Å². The third-order valence-electron chi connectivity index (χ3n) is 4.31. The Morgan fingerprint density at radius 1 is 0.944 bits per heavy atom. The van der Waals surface area contributed by atoms with Crippen LogP contribution in [0.2, 0.25) is 0 Å². The molecule has 36 heavy (non-hydrogen) atoms. The van der Waals surface area contributed by atoms with E-state index in [-0.39, 0.29) is 0 Å². The summed E-state index contributed by atoms with van der Waals surface area (Å²) in [7, 11) is 8.42. The van der Waals surface area contributed by atoms with Crippen LogP contribution in [0, 0.1) is 12.8 Å². The molecule has 0 atom stereocenters. The first-order valence-corrected chi connectivity index (χ1v) is 13.6. The van der Waals surface area contributed by atoms with Crippen molar-refractivity contribution in [1.82, 2.24) is 15.6 Å². The number of methoxy groups -OCH3 is 3. The number of rotatable bonds is 5. The quantitative estimate of drug-likeness (QED) is 0.424. The fourth-order valence-corrected chi connectivity index (χ4v) is 3.69. The Morgan fingerprint density at radius 2 is 1.39 bits per heavy atom. The average Bonchev–Trinajstić information content (AvgIpc) is 3.05. The third kappa shape index (κ3) is 15.1. The molecule has 208 valence electrons. The van der Waals surface area contributed by atoms with Crippen molar-refractivity contribution < 1.29 is 19.0 Å². The van der Waals surface area contributed by atoms with Crippen LogP contribution < -0.4 is 24.8 Å². The van der Waals surface area contributed by atoms with Crippen LogP contribution in [0.1, 0.15) is 75.7 Å². The van der Waals surface area contributed by atoms with Gasteiger partial charge in [0.15, 0.2) is 17.8 Å². The topological polar surface area (TPSA) is 81.7 Å². The lowest BCUT2D eigenvalue weighted by Crippen LogP contribution is -2.12. The molecule has 1 aliphatic heterocycles. The average molecular weight is 526 g/mol. The van der Waals surface area contributed by atoms with Crippen molar-refractivity contribution in [3.63, 3.8) is 0 Å². The van der Waals surface area contributed by atoms with E-state index < -0.39 is 0 Å². The molecular weight excluding hydrogens is 474 g/mol. The molecule has 2 aromatic rings. The van der Waals surface area contributed by atoms with Gasteiger partial charge < -0.3 is 24.8 Å². The molecule has 0 aliphatic carbocycles. The molecule has 0 unspecified atom stereocenters. The van der Waals surface area contributed by atoms with E-state index in [1.54, 1.807) is 21.3 Å². The molecule has 1 aliphatic rings. The Balaban J connectivity index is 0. The van der Waals surface area contributed by atoms with Crippen molar-refractivity contribution in [3.8, 4) is 27.8 Å². The summed E-state index contributed by atoms with van der Waals surface area (Å²) in [6, 6.07) is 3.63. The standard InChI is InChI=1S/C14H15NO4S.C6H13N.C4H10.C2H7N.C2H6/c1-8-12(7-16)20-14(15-8)9-5-10(17-2)13(19-4)11(6-9)18-3;1-2-4-6-7-5-3-1;1-4(2)3;1-3-2;1-2/h5-7H,1-4H3;7H,1-6H2;4H,1-3H3;3H,1-2H3;1-2H3. The van der Waals surface area contributed by atoms with Crippen molar-refractivity contribution in [2.75, 3.05) is 48.5 Å². The number of hydrogen-bond acceptors (Lipinski definition) is 8. The summed E-state index contributed by atoms with van der Waals surface area (Å²) in [6.45, 7) is 14.8. The predicted octanol–water partition coefficient (Wildman–Crippen LogP) is 6.63. The number of carbonyl (C=O) groups is 1. The van der Waals surface area contributed by atoms with Gasteiger partial charge in [-0.2, -0.15) is 0 Å². The van der Waals surface area contributed by atoms with Gasteiger partial charge in [-0.15, -0.1) is 11.3 Å². The highest BCUT2D eigenvalue weighted by molar-refractivity contribution is 7.16. The van der Waals surface area contributed by atoms with Crippen molar-refractivity contribution >= 4 is 17.6 Å². The van der Waals surface area contributed by atoms with Gasteiger partial charge in [0.25, 0.3) is 0 Å². The maximum atomic E-state index is 10.9. The number of nitrogens with zero attached hydrogens (tertiary/aromatic N) is 1. The largest absolute Gasteiger partial charge is 0.493 e. The molecule has 2 N–H and O–H groups in total. The first-order chi connectivity index (χ1) is 17.3. The molecule has 2 heterocycles. The predicted molar refractivity (Wildman–Crippen MR) is 156 cm³/mol. The molecule has 1 fully saturated rings. The summed E-state index contributed by atoms with van der Waals surface area (Å²) in [5.74, 6) is 2.48. The van der Waals surface area contributed by atoms with E-state index in [2.05, 4.69) is 36.4 Å². The molecule has 1 aromatic carbocycles. The summed E-state index contributed by atoms with van der Waals surface area (Å²) in [4.78, 5) is 15.9. The van der Waals surface area contributed by atoms with Crippen molar-refractivity contribution in [2.45, 2.75) is 67.2 Å². The van der Waals surface area contributed by atoms with E-state index in [9.17, 15) is 4.79 Å². The number of ether oxygens (including phenoxy) is 3. The molecule has 0 bridgehead atoms. The first-order valence-electron chi connectivity index (χ1n) is 12.8. The number of hydrogen-bond donors (Lipinski definition) is 2. The molecule has 1 saturated heterocycles. The third-order valence-corrected chi connectivity index (χ3v) is 5.44. The lowest BCUT2D eigenvalue weighted by Gasteiger charge is -2.13. The number of thiazole rings is 1. The maximum Gasteiger partial charge on any atom is 0.203 e.